The molecule has 1 heterocycles. The lowest BCUT2D eigenvalue weighted by atomic mass is 9.96. The molecule has 0 saturated carbocycles. The highest BCUT2D eigenvalue weighted by Gasteiger charge is 2.26. The highest BCUT2D eigenvalue weighted by molar-refractivity contribution is 6.05. The van der Waals surface area contributed by atoms with Crippen LogP contribution in [-0.4, -0.2) is 65.4 Å². The molecule has 3 N–H and O–H groups in total. The topological polar surface area (TPSA) is 154 Å². The molecule has 0 spiro atoms. The van der Waals surface area contributed by atoms with Gasteiger partial charge in [-0.15, -0.1) is 0 Å². The Kier molecular flexibility index (Phi) is 10.7. The fourth-order valence-electron chi connectivity index (χ4n) is 4.74. The first-order chi connectivity index (χ1) is 22.0. The zero-order valence-corrected chi connectivity index (χ0v) is 26.0. The molecule has 0 unspecified atom stereocenters. The molecule has 0 bridgehead atoms. The number of carboxylic acid groups (broad SMARTS) is 1. The maximum Gasteiger partial charge on any atom is 0.407 e. The second kappa shape index (κ2) is 14.8. The van der Waals surface area contributed by atoms with Crippen LogP contribution in [0.4, 0.5) is 10.6 Å². The molecule has 0 radical (unpaired) electrons. The van der Waals surface area contributed by atoms with Crippen molar-refractivity contribution < 1.29 is 29.0 Å². The van der Waals surface area contributed by atoms with Crippen LogP contribution >= 0.6 is 0 Å². The van der Waals surface area contributed by atoms with Crippen LogP contribution in [0.2, 0.25) is 0 Å². The van der Waals surface area contributed by atoms with Crippen LogP contribution in [-0.2, 0) is 4.74 Å². The number of nitrogens with zero attached hydrogens (tertiary/aromatic N) is 3. The summed E-state index contributed by atoms with van der Waals surface area (Å²) < 4.78 is 10.9. The number of pyridine rings is 1. The lowest BCUT2D eigenvalue weighted by Crippen LogP contribution is -2.48. The Hall–Kier alpha value is -5.73. The first-order valence-corrected chi connectivity index (χ1v) is 14.5. The summed E-state index contributed by atoms with van der Waals surface area (Å²) in [6.07, 6.45) is -1.08. The number of hydrogen-bond donors (Lipinski definition) is 3. The van der Waals surface area contributed by atoms with Gasteiger partial charge in [0.1, 0.15) is 17.4 Å². The van der Waals surface area contributed by atoms with Crippen LogP contribution in [0.15, 0.2) is 84.9 Å². The van der Waals surface area contributed by atoms with Crippen molar-refractivity contribution in [3.8, 4) is 34.2 Å². The first kappa shape index (κ1) is 33.2. The first-order valence-electron chi connectivity index (χ1n) is 14.5. The normalized spacial score (nSPS) is 10.8. The number of carbonyl (C=O) groups is 3. The summed E-state index contributed by atoms with van der Waals surface area (Å²) in [6.45, 7) is 5.53. The molecule has 3 amide bonds. The molecular weight excluding hydrogens is 586 g/mol. The summed E-state index contributed by atoms with van der Waals surface area (Å²) in [5, 5.41) is 25.4. The molecular formula is C35H35N5O6. The van der Waals surface area contributed by atoms with Crippen molar-refractivity contribution in [2.75, 3.05) is 32.3 Å². The van der Waals surface area contributed by atoms with Crippen molar-refractivity contribution in [3.05, 3.63) is 102 Å². The Morgan fingerprint density at radius 2 is 1.61 bits per heavy atom. The molecule has 3 aromatic carbocycles. The number of anilines is 1. The van der Waals surface area contributed by atoms with Gasteiger partial charge in [-0.2, -0.15) is 5.26 Å². The van der Waals surface area contributed by atoms with Crippen molar-refractivity contribution in [1.82, 2.24) is 15.2 Å². The fraction of sp³-hybridized carbons (Fsp3) is 0.229. The minimum absolute atomic E-state index is 0.00508. The third kappa shape index (κ3) is 8.05. The van der Waals surface area contributed by atoms with Crippen LogP contribution in [0.5, 0.6) is 5.75 Å². The van der Waals surface area contributed by atoms with Crippen molar-refractivity contribution in [2.24, 2.45) is 0 Å². The van der Waals surface area contributed by atoms with E-state index in [1.54, 1.807) is 99.6 Å². The zero-order chi connectivity index (χ0) is 33.3. The summed E-state index contributed by atoms with van der Waals surface area (Å²) in [7, 11) is 1.51. The van der Waals surface area contributed by atoms with Crippen LogP contribution in [0.3, 0.4) is 0 Å². The van der Waals surface area contributed by atoms with Crippen LogP contribution < -0.4 is 15.4 Å². The van der Waals surface area contributed by atoms with E-state index in [9.17, 15) is 24.8 Å². The number of hydrogen-bond acceptors (Lipinski definition) is 7. The summed E-state index contributed by atoms with van der Waals surface area (Å²) in [4.78, 5) is 43.9. The highest BCUT2D eigenvalue weighted by Crippen LogP contribution is 2.36. The Morgan fingerprint density at radius 3 is 2.28 bits per heavy atom. The summed E-state index contributed by atoms with van der Waals surface area (Å²) in [5.74, 6) is -0.344. The number of carbonyl (C=O) groups excluding carboxylic acids is 2. The van der Waals surface area contributed by atoms with Gasteiger partial charge in [-0.3, -0.25) is 9.59 Å². The molecule has 0 fully saturated rings. The molecule has 0 aliphatic carbocycles. The molecule has 4 rings (SSSR count). The molecule has 4 aromatic rings. The number of methoxy groups -OCH3 is 1. The predicted molar refractivity (Wildman–Crippen MR) is 174 cm³/mol. The second-order valence-corrected chi connectivity index (χ2v) is 11.2. The number of amides is 3. The van der Waals surface area contributed by atoms with Gasteiger partial charge >= 0.3 is 6.09 Å². The minimum atomic E-state index is -1.08. The summed E-state index contributed by atoms with van der Waals surface area (Å²) >= 11 is 0. The van der Waals surface area contributed by atoms with Gasteiger partial charge < -0.3 is 30.1 Å². The molecule has 1 aromatic heterocycles. The molecule has 11 nitrogen and oxygen atoms in total. The van der Waals surface area contributed by atoms with Crippen molar-refractivity contribution in [2.45, 2.75) is 26.3 Å². The van der Waals surface area contributed by atoms with Crippen LogP contribution in [0.25, 0.3) is 22.4 Å². The molecule has 0 aliphatic heterocycles. The van der Waals surface area contributed by atoms with Gasteiger partial charge in [0, 0.05) is 48.0 Å². The SMILES string of the molecule is COCOc1ccccc1-c1cc(-c2cccc(C(=O)NCCN(C(=O)O)C(C)(C)C)c2)c(C#N)c(NC(=O)c2ccccc2)n1. The molecule has 46 heavy (non-hydrogen) atoms. The minimum Gasteiger partial charge on any atom is -0.467 e. The van der Waals surface area contributed by atoms with Crippen molar-refractivity contribution >= 4 is 23.7 Å². The van der Waals surface area contributed by atoms with Gasteiger partial charge in [-0.1, -0.05) is 42.5 Å². The van der Waals surface area contributed by atoms with E-state index in [-0.39, 0.29) is 31.3 Å². The molecule has 0 saturated heterocycles. The largest absolute Gasteiger partial charge is 0.467 e. The Morgan fingerprint density at radius 1 is 0.913 bits per heavy atom. The Labute approximate surface area is 267 Å². The smallest absolute Gasteiger partial charge is 0.407 e. The number of ether oxygens (including phenoxy) is 2. The lowest BCUT2D eigenvalue weighted by molar-refractivity contribution is 0.0515. The number of aromatic nitrogens is 1. The maximum absolute atomic E-state index is 13.2. The van der Waals surface area contributed by atoms with Crippen LogP contribution in [0, 0.1) is 11.3 Å². The van der Waals surface area contributed by atoms with E-state index in [0.717, 1.165) is 0 Å². The van der Waals surface area contributed by atoms with E-state index in [1.807, 2.05) is 6.07 Å². The van der Waals surface area contributed by atoms with Gasteiger partial charge in [-0.05, 0) is 68.8 Å². The van der Waals surface area contributed by atoms with E-state index in [0.29, 0.717) is 39.3 Å². The number of nitrogens with one attached hydrogen (secondary N) is 2. The quantitative estimate of drug-likeness (QED) is 0.172. The molecule has 236 valence electrons. The Bertz CT molecular complexity index is 1760. The highest BCUT2D eigenvalue weighted by atomic mass is 16.7. The predicted octanol–water partition coefficient (Wildman–Crippen LogP) is 6.03. The third-order valence-electron chi connectivity index (χ3n) is 6.99. The maximum atomic E-state index is 13.2. The fourth-order valence-corrected chi connectivity index (χ4v) is 4.74. The number of rotatable bonds is 11. The van der Waals surface area contributed by atoms with Crippen LogP contribution in [0.1, 0.15) is 47.1 Å². The van der Waals surface area contributed by atoms with Gasteiger partial charge in [0.2, 0.25) is 0 Å². The van der Waals surface area contributed by atoms with E-state index < -0.39 is 23.4 Å². The molecule has 11 heteroatoms. The van der Waals surface area contributed by atoms with E-state index >= 15 is 0 Å². The van der Waals surface area contributed by atoms with E-state index in [1.165, 1.54) is 12.0 Å². The standard InChI is InChI=1S/C35H35N5O6/c1-35(2,3)40(34(43)44)18-17-37-32(41)25-14-10-13-24(19-25)27-20-29(26-15-8-9-16-30(26)46-22-45-4)38-31(28(27)21-36)39-33(42)23-11-6-5-7-12-23/h5-16,19-20H,17-18,22H2,1-4H3,(H,37,41)(H,43,44)(H,38,39,42). The van der Waals surface area contributed by atoms with Gasteiger partial charge in [0.15, 0.2) is 12.6 Å². The van der Waals surface area contributed by atoms with Gasteiger partial charge in [0.05, 0.1) is 5.69 Å². The van der Waals surface area contributed by atoms with Crippen molar-refractivity contribution in [1.29, 1.82) is 5.26 Å². The average molecular weight is 622 g/mol. The lowest BCUT2D eigenvalue weighted by Gasteiger charge is -2.33. The number of nitriles is 1. The second-order valence-electron chi connectivity index (χ2n) is 11.2. The summed E-state index contributed by atoms with van der Waals surface area (Å²) in [5.41, 5.74) is 2.11. The van der Waals surface area contributed by atoms with E-state index in [2.05, 4.69) is 21.7 Å². The third-order valence-corrected chi connectivity index (χ3v) is 6.99. The monoisotopic (exact) mass is 621 g/mol. The number of para-hydroxylation sites is 1. The van der Waals surface area contributed by atoms with Crippen molar-refractivity contribution in [3.63, 3.8) is 0 Å². The molecule has 0 atom stereocenters. The zero-order valence-electron chi connectivity index (χ0n) is 26.0. The average Bonchev–Trinajstić information content (AvgIpc) is 3.05. The summed E-state index contributed by atoms with van der Waals surface area (Å²) in [6, 6.07) is 26.3. The number of benzene rings is 3. The van der Waals surface area contributed by atoms with E-state index in [4.69, 9.17) is 9.47 Å². The van der Waals surface area contributed by atoms with Gasteiger partial charge in [-0.25, -0.2) is 9.78 Å². The molecule has 0 aliphatic rings. The van der Waals surface area contributed by atoms with Gasteiger partial charge in [0.25, 0.3) is 11.8 Å². The Balaban J connectivity index is 1.75.